The van der Waals surface area contributed by atoms with Gasteiger partial charge in [0, 0.05) is 31.9 Å². The van der Waals surface area contributed by atoms with E-state index in [9.17, 15) is 0 Å². The molecule has 2 heterocycles. The van der Waals surface area contributed by atoms with Crippen molar-refractivity contribution in [1.82, 2.24) is 4.90 Å². The minimum atomic E-state index is 0.857. The Morgan fingerprint density at radius 1 is 1.14 bits per heavy atom. The summed E-state index contributed by atoms with van der Waals surface area (Å²) >= 11 is 5.21. The van der Waals surface area contributed by atoms with E-state index in [4.69, 9.17) is 4.74 Å². The first-order valence-electron chi connectivity index (χ1n) is 7.15. The van der Waals surface area contributed by atoms with Crippen LogP contribution in [0, 0.1) is 0 Å². The number of ether oxygens (including phenoxy) is 1. The van der Waals surface area contributed by atoms with Gasteiger partial charge in [-0.15, -0.1) is 11.3 Å². The molecule has 2 aromatic rings. The maximum atomic E-state index is 5.38. The lowest BCUT2D eigenvalue weighted by Crippen LogP contribution is -2.35. The number of benzene rings is 1. The molecule has 0 spiro atoms. The van der Waals surface area contributed by atoms with Gasteiger partial charge in [0.25, 0.3) is 0 Å². The summed E-state index contributed by atoms with van der Waals surface area (Å²) in [7, 11) is 0. The van der Waals surface area contributed by atoms with Crippen LogP contribution >= 0.6 is 27.3 Å². The maximum Gasteiger partial charge on any atom is 0.0701 e. The molecule has 21 heavy (non-hydrogen) atoms. The number of halogens is 1. The van der Waals surface area contributed by atoms with E-state index in [0.29, 0.717) is 0 Å². The zero-order valence-corrected chi connectivity index (χ0v) is 14.3. The highest BCUT2D eigenvalue weighted by molar-refractivity contribution is 9.11. The SMILES string of the molecule is Brc1cc(CNc2ccc(CN3CCOCC3)cc2)cs1. The number of nitrogens with zero attached hydrogens (tertiary/aromatic N) is 1. The number of nitrogens with one attached hydrogen (secondary N) is 1. The van der Waals surface area contributed by atoms with Crippen molar-refractivity contribution in [3.63, 3.8) is 0 Å². The zero-order valence-electron chi connectivity index (χ0n) is 11.8. The van der Waals surface area contributed by atoms with Gasteiger partial charge in [-0.25, -0.2) is 0 Å². The third-order valence-corrected chi connectivity index (χ3v) is 5.14. The highest BCUT2D eigenvalue weighted by Crippen LogP contribution is 2.21. The Hall–Kier alpha value is -0.880. The molecule has 3 rings (SSSR count). The standard InChI is InChI=1S/C16H19BrN2OS/c17-16-9-14(12-21-16)10-18-15-3-1-13(2-4-15)11-19-5-7-20-8-6-19/h1-4,9,12,18H,5-8,10-11H2. The van der Waals surface area contributed by atoms with Crippen molar-refractivity contribution < 1.29 is 4.74 Å². The van der Waals surface area contributed by atoms with Crippen LogP contribution in [0.3, 0.4) is 0 Å². The number of thiophene rings is 1. The number of hydrogen-bond donors (Lipinski definition) is 1. The Kier molecular flexibility index (Phi) is 5.30. The molecule has 0 radical (unpaired) electrons. The van der Waals surface area contributed by atoms with Gasteiger partial charge in [-0.3, -0.25) is 4.90 Å². The third kappa shape index (κ3) is 4.54. The molecule has 0 bridgehead atoms. The largest absolute Gasteiger partial charge is 0.381 e. The fourth-order valence-electron chi connectivity index (χ4n) is 2.39. The summed E-state index contributed by atoms with van der Waals surface area (Å²) < 4.78 is 6.56. The smallest absolute Gasteiger partial charge is 0.0701 e. The van der Waals surface area contributed by atoms with Crippen molar-refractivity contribution >= 4 is 33.0 Å². The van der Waals surface area contributed by atoms with E-state index < -0.39 is 0 Å². The van der Waals surface area contributed by atoms with Gasteiger partial charge in [0.1, 0.15) is 0 Å². The lowest BCUT2D eigenvalue weighted by atomic mass is 10.2. The molecular weight excluding hydrogens is 348 g/mol. The molecule has 0 atom stereocenters. The van der Waals surface area contributed by atoms with Crippen LogP contribution in [-0.2, 0) is 17.8 Å². The Morgan fingerprint density at radius 2 is 1.90 bits per heavy atom. The average Bonchev–Trinajstić information content (AvgIpc) is 2.93. The van der Waals surface area contributed by atoms with Crippen LogP contribution in [0.15, 0.2) is 39.5 Å². The van der Waals surface area contributed by atoms with Crippen molar-refractivity contribution in [2.45, 2.75) is 13.1 Å². The summed E-state index contributed by atoms with van der Waals surface area (Å²) in [6, 6.07) is 10.9. The monoisotopic (exact) mass is 366 g/mol. The highest BCUT2D eigenvalue weighted by atomic mass is 79.9. The quantitative estimate of drug-likeness (QED) is 0.866. The number of anilines is 1. The average molecular weight is 367 g/mol. The van der Waals surface area contributed by atoms with Crippen LogP contribution in [0.2, 0.25) is 0 Å². The topological polar surface area (TPSA) is 24.5 Å². The van der Waals surface area contributed by atoms with E-state index in [-0.39, 0.29) is 0 Å². The van der Waals surface area contributed by atoms with E-state index in [0.717, 1.165) is 39.4 Å². The Bertz CT molecular complexity index is 564. The highest BCUT2D eigenvalue weighted by Gasteiger charge is 2.10. The first-order valence-corrected chi connectivity index (χ1v) is 8.83. The molecule has 0 aliphatic carbocycles. The predicted molar refractivity (Wildman–Crippen MR) is 91.9 cm³/mol. The van der Waals surface area contributed by atoms with Crippen LogP contribution < -0.4 is 5.32 Å². The second-order valence-corrected chi connectivity index (χ2v) is 7.49. The van der Waals surface area contributed by atoms with Crippen molar-refractivity contribution in [2.24, 2.45) is 0 Å². The molecule has 1 aliphatic heterocycles. The van der Waals surface area contributed by atoms with E-state index >= 15 is 0 Å². The number of hydrogen-bond acceptors (Lipinski definition) is 4. The molecule has 0 unspecified atom stereocenters. The summed E-state index contributed by atoms with van der Waals surface area (Å²) in [4.78, 5) is 2.44. The molecule has 1 N–H and O–H groups in total. The van der Waals surface area contributed by atoms with Crippen LogP contribution in [-0.4, -0.2) is 31.2 Å². The fraction of sp³-hybridized carbons (Fsp3) is 0.375. The maximum absolute atomic E-state index is 5.38. The molecular formula is C16H19BrN2OS. The van der Waals surface area contributed by atoms with Gasteiger partial charge in [-0.2, -0.15) is 0 Å². The summed E-state index contributed by atoms with van der Waals surface area (Å²) in [5.74, 6) is 0. The van der Waals surface area contributed by atoms with Gasteiger partial charge in [-0.1, -0.05) is 12.1 Å². The van der Waals surface area contributed by atoms with Crippen LogP contribution in [0.4, 0.5) is 5.69 Å². The number of rotatable bonds is 5. The first kappa shape index (κ1) is 15.0. The molecule has 3 nitrogen and oxygen atoms in total. The zero-order chi connectivity index (χ0) is 14.5. The van der Waals surface area contributed by atoms with Crippen LogP contribution in [0.1, 0.15) is 11.1 Å². The van der Waals surface area contributed by atoms with Crippen molar-refractivity contribution in [2.75, 3.05) is 31.6 Å². The summed E-state index contributed by atoms with van der Waals surface area (Å²) in [5.41, 5.74) is 3.84. The molecule has 1 aliphatic rings. The summed E-state index contributed by atoms with van der Waals surface area (Å²) in [5, 5.41) is 5.63. The molecule has 0 saturated carbocycles. The van der Waals surface area contributed by atoms with Gasteiger partial charge in [0.15, 0.2) is 0 Å². The van der Waals surface area contributed by atoms with Gasteiger partial charge < -0.3 is 10.1 Å². The normalized spacial score (nSPS) is 16.0. The number of morpholine rings is 1. The molecule has 5 heteroatoms. The summed E-state index contributed by atoms with van der Waals surface area (Å²) in [6.07, 6.45) is 0. The van der Waals surface area contributed by atoms with Gasteiger partial charge in [-0.05, 0) is 50.6 Å². The van der Waals surface area contributed by atoms with E-state index in [1.165, 1.54) is 20.6 Å². The predicted octanol–water partition coefficient (Wildman–Crippen LogP) is 3.95. The van der Waals surface area contributed by atoms with E-state index in [1.807, 2.05) is 0 Å². The van der Waals surface area contributed by atoms with Crippen molar-refractivity contribution in [1.29, 1.82) is 0 Å². The van der Waals surface area contributed by atoms with Crippen LogP contribution in [0.5, 0.6) is 0 Å². The molecule has 1 fully saturated rings. The van der Waals surface area contributed by atoms with Gasteiger partial charge in [0.05, 0.1) is 17.0 Å². The fourth-order valence-corrected chi connectivity index (χ4v) is 3.60. The molecule has 1 aromatic heterocycles. The second kappa shape index (κ2) is 7.40. The lowest BCUT2D eigenvalue weighted by molar-refractivity contribution is 0.0342. The van der Waals surface area contributed by atoms with Crippen molar-refractivity contribution in [3.8, 4) is 0 Å². The Morgan fingerprint density at radius 3 is 2.57 bits per heavy atom. The second-order valence-electron chi connectivity index (χ2n) is 5.20. The molecule has 112 valence electrons. The van der Waals surface area contributed by atoms with Gasteiger partial charge in [0.2, 0.25) is 0 Å². The first-order chi connectivity index (χ1) is 10.3. The Balaban J connectivity index is 1.51. The molecule has 0 amide bonds. The van der Waals surface area contributed by atoms with Crippen molar-refractivity contribution in [3.05, 3.63) is 50.6 Å². The minimum absolute atomic E-state index is 0.857. The Labute approximate surface area is 138 Å². The van der Waals surface area contributed by atoms with E-state index in [2.05, 4.69) is 61.9 Å². The lowest BCUT2D eigenvalue weighted by Gasteiger charge is -2.26. The molecule has 1 saturated heterocycles. The third-order valence-electron chi connectivity index (χ3n) is 3.58. The minimum Gasteiger partial charge on any atom is -0.381 e. The summed E-state index contributed by atoms with van der Waals surface area (Å²) in [6.45, 7) is 5.66. The van der Waals surface area contributed by atoms with Gasteiger partial charge >= 0.3 is 0 Å². The molecule has 1 aromatic carbocycles. The van der Waals surface area contributed by atoms with E-state index in [1.54, 1.807) is 11.3 Å². The van der Waals surface area contributed by atoms with Crippen LogP contribution in [0.25, 0.3) is 0 Å².